The fraction of sp³-hybridized carbons (Fsp3) is 0.0667. The Bertz CT molecular complexity index is 645. The molecular formula is C15H14N2O2S. The van der Waals surface area contributed by atoms with Crippen LogP contribution in [0.15, 0.2) is 48.7 Å². The number of nitrogens with zero attached hydrogens (tertiary/aromatic N) is 1. The first kappa shape index (κ1) is 14.0. The van der Waals surface area contributed by atoms with Crippen molar-refractivity contribution in [3.63, 3.8) is 0 Å². The summed E-state index contributed by atoms with van der Waals surface area (Å²) in [5.41, 5.74) is 1.22. The Balaban J connectivity index is 2.39. The molecule has 1 aromatic heterocycles. The number of benzene rings is 1. The Kier molecular flexibility index (Phi) is 4.68. The van der Waals surface area contributed by atoms with E-state index in [1.54, 1.807) is 31.3 Å². The molecule has 102 valence electrons. The van der Waals surface area contributed by atoms with Crippen LogP contribution < -0.4 is 5.32 Å². The Hall–Kier alpha value is -2.40. The molecule has 2 N–H and O–H groups in total. The summed E-state index contributed by atoms with van der Waals surface area (Å²) in [6.45, 7) is 0. The molecule has 0 unspecified atom stereocenters. The SMILES string of the molecule is CNc1nc(/C=C/C=C\O)c(C(=O)c2ccccc2)s1. The second kappa shape index (κ2) is 6.68. The third-order valence-electron chi connectivity index (χ3n) is 2.56. The predicted molar refractivity (Wildman–Crippen MR) is 82.3 cm³/mol. The predicted octanol–water partition coefficient (Wildman–Crippen LogP) is 3.50. The first-order chi connectivity index (χ1) is 9.76. The summed E-state index contributed by atoms with van der Waals surface area (Å²) in [6.07, 6.45) is 5.73. The maximum Gasteiger partial charge on any atom is 0.205 e. The Labute approximate surface area is 121 Å². The lowest BCUT2D eigenvalue weighted by atomic mass is 10.1. The molecule has 0 atom stereocenters. The van der Waals surface area contributed by atoms with Crippen LogP contribution in [0.25, 0.3) is 6.08 Å². The molecule has 0 spiro atoms. The molecule has 0 bridgehead atoms. The van der Waals surface area contributed by atoms with Crippen LogP contribution in [-0.2, 0) is 0 Å². The second-order valence-electron chi connectivity index (χ2n) is 3.88. The van der Waals surface area contributed by atoms with Crippen LogP contribution in [0.2, 0.25) is 0 Å². The zero-order valence-electron chi connectivity index (χ0n) is 10.9. The van der Waals surface area contributed by atoms with Crippen molar-refractivity contribution in [3.8, 4) is 0 Å². The molecular weight excluding hydrogens is 272 g/mol. The van der Waals surface area contributed by atoms with Gasteiger partial charge in [0.2, 0.25) is 5.78 Å². The van der Waals surface area contributed by atoms with Crippen molar-refractivity contribution in [2.45, 2.75) is 0 Å². The molecule has 0 aliphatic heterocycles. The Morgan fingerprint density at radius 3 is 2.70 bits per heavy atom. The number of nitrogens with one attached hydrogen (secondary N) is 1. The van der Waals surface area contributed by atoms with E-state index in [1.807, 2.05) is 18.2 Å². The molecule has 0 saturated heterocycles. The molecule has 1 aromatic carbocycles. The fourth-order valence-electron chi connectivity index (χ4n) is 1.63. The van der Waals surface area contributed by atoms with E-state index in [1.165, 1.54) is 17.4 Å². The van der Waals surface area contributed by atoms with Gasteiger partial charge in [0, 0.05) is 12.6 Å². The van der Waals surface area contributed by atoms with Crippen molar-refractivity contribution in [2.24, 2.45) is 0 Å². The minimum absolute atomic E-state index is 0.0581. The van der Waals surface area contributed by atoms with Crippen molar-refractivity contribution in [3.05, 3.63) is 64.9 Å². The van der Waals surface area contributed by atoms with E-state index in [9.17, 15) is 4.79 Å². The van der Waals surface area contributed by atoms with E-state index >= 15 is 0 Å². The summed E-state index contributed by atoms with van der Waals surface area (Å²) in [6, 6.07) is 9.09. The number of rotatable bonds is 5. The van der Waals surface area contributed by atoms with Crippen LogP contribution in [0, 0.1) is 0 Å². The molecule has 0 amide bonds. The number of hydrogen-bond acceptors (Lipinski definition) is 5. The number of carbonyl (C=O) groups excluding carboxylic acids is 1. The van der Waals surface area contributed by atoms with Gasteiger partial charge in [-0.05, 0) is 12.2 Å². The van der Waals surface area contributed by atoms with Crippen LogP contribution >= 0.6 is 11.3 Å². The summed E-state index contributed by atoms with van der Waals surface area (Å²) in [4.78, 5) is 17.4. The molecule has 0 saturated carbocycles. The number of allylic oxidation sites excluding steroid dienone is 2. The van der Waals surface area contributed by atoms with Gasteiger partial charge in [-0.2, -0.15) is 0 Å². The lowest BCUT2D eigenvalue weighted by Crippen LogP contribution is -2.00. The number of aliphatic hydroxyl groups is 1. The molecule has 20 heavy (non-hydrogen) atoms. The molecule has 2 rings (SSSR count). The minimum atomic E-state index is -0.0581. The second-order valence-corrected chi connectivity index (χ2v) is 4.88. The molecule has 0 radical (unpaired) electrons. The Morgan fingerprint density at radius 1 is 1.30 bits per heavy atom. The van der Waals surface area contributed by atoms with E-state index in [0.29, 0.717) is 21.3 Å². The van der Waals surface area contributed by atoms with Crippen molar-refractivity contribution in [1.82, 2.24) is 4.98 Å². The molecule has 1 heterocycles. The van der Waals surface area contributed by atoms with Crippen LogP contribution in [0.3, 0.4) is 0 Å². The highest BCUT2D eigenvalue weighted by Crippen LogP contribution is 2.26. The molecule has 0 fully saturated rings. The molecule has 4 nitrogen and oxygen atoms in total. The molecule has 0 aliphatic rings. The summed E-state index contributed by atoms with van der Waals surface area (Å²) >= 11 is 1.31. The number of ketones is 1. The van der Waals surface area contributed by atoms with E-state index in [0.717, 1.165) is 6.26 Å². The van der Waals surface area contributed by atoms with Gasteiger partial charge in [-0.25, -0.2) is 4.98 Å². The topological polar surface area (TPSA) is 62.2 Å². The summed E-state index contributed by atoms with van der Waals surface area (Å²) < 4.78 is 0. The number of thiazole rings is 1. The van der Waals surface area contributed by atoms with Gasteiger partial charge in [-0.3, -0.25) is 4.79 Å². The number of anilines is 1. The van der Waals surface area contributed by atoms with Gasteiger partial charge in [0.15, 0.2) is 5.13 Å². The van der Waals surface area contributed by atoms with Crippen molar-refractivity contribution >= 4 is 28.3 Å². The van der Waals surface area contributed by atoms with E-state index < -0.39 is 0 Å². The van der Waals surface area contributed by atoms with Crippen LogP contribution in [-0.4, -0.2) is 22.9 Å². The molecule has 5 heteroatoms. The van der Waals surface area contributed by atoms with Crippen molar-refractivity contribution in [1.29, 1.82) is 0 Å². The summed E-state index contributed by atoms with van der Waals surface area (Å²) in [7, 11) is 1.76. The monoisotopic (exact) mass is 286 g/mol. The van der Waals surface area contributed by atoms with E-state index in [2.05, 4.69) is 10.3 Å². The third-order valence-corrected chi connectivity index (χ3v) is 3.65. The number of aromatic nitrogens is 1. The zero-order valence-corrected chi connectivity index (χ0v) is 11.7. The van der Waals surface area contributed by atoms with Gasteiger partial charge in [0.05, 0.1) is 12.0 Å². The van der Waals surface area contributed by atoms with E-state index in [-0.39, 0.29) is 5.78 Å². The summed E-state index contributed by atoms with van der Waals surface area (Å²) in [5.74, 6) is -0.0581. The number of carbonyl (C=O) groups is 1. The Morgan fingerprint density at radius 2 is 2.05 bits per heavy atom. The van der Waals surface area contributed by atoms with Gasteiger partial charge < -0.3 is 10.4 Å². The molecule has 2 aromatic rings. The molecule has 0 aliphatic carbocycles. The highest BCUT2D eigenvalue weighted by Gasteiger charge is 2.17. The number of aliphatic hydroxyl groups excluding tert-OH is 1. The van der Waals surface area contributed by atoms with Crippen molar-refractivity contribution < 1.29 is 9.90 Å². The zero-order chi connectivity index (χ0) is 14.4. The van der Waals surface area contributed by atoms with Gasteiger partial charge in [-0.1, -0.05) is 47.7 Å². The maximum absolute atomic E-state index is 12.5. The summed E-state index contributed by atoms with van der Waals surface area (Å²) in [5, 5.41) is 12.2. The number of hydrogen-bond donors (Lipinski definition) is 2. The quantitative estimate of drug-likeness (QED) is 0.501. The van der Waals surface area contributed by atoms with Crippen LogP contribution in [0.4, 0.5) is 5.13 Å². The highest BCUT2D eigenvalue weighted by molar-refractivity contribution is 7.17. The maximum atomic E-state index is 12.5. The lowest BCUT2D eigenvalue weighted by molar-refractivity contribution is 0.104. The van der Waals surface area contributed by atoms with Gasteiger partial charge in [0.25, 0.3) is 0 Å². The van der Waals surface area contributed by atoms with Crippen LogP contribution in [0.5, 0.6) is 0 Å². The first-order valence-corrected chi connectivity index (χ1v) is 6.83. The highest BCUT2D eigenvalue weighted by atomic mass is 32.1. The average Bonchev–Trinajstić information content (AvgIpc) is 2.91. The largest absolute Gasteiger partial charge is 0.516 e. The van der Waals surface area contributed by atoms with E-state index in [4.69, 9.17) is 5.11 Å². The van der Waals surface area contributed by atoms with Gasteiger partial charge in [-0.15, -0.1) is 0 Å². The fourth-order valence-corrected chi connectivity index (χ4v) is 2.50. The third kappa shape index (κ3) is 3.13. The van der Waals surface area contributed by atoms with Gasteiger partial charge in [0.1, 0.15) is 4.88 Å². The first-order valence-electron chi connectivity index (χ1n) is 6.02. The normalized spacial score (nSPS) is 11.2. The smallest absolute Gasteiger partial charge is 0.205 e. The minimum Gasteiger partial charge on any atom is -0.516 e. The van der Waals surface area contributed by atoms with Gasteiger partial charge >= 0.3 is 0 Å². The van der Waals surface area contributed by atoms with Crippen LogP contribution in [0.1, 0.15) is 20.9 Å². The standard InChI is InChI=1S/C15H14N2O2S/c1-16-15-17-12(9-5-6-10-18)14(20-15)13(19)11-7-3-2-4-8-11/h2-10,18H,1H3,(H,16,17)/b9-5+,10-6-. The van der Waals surface area contributed by atoms with Crippen molar-refractivity contribution in [2.75, 3.05) is 12.4 Å². The lowest BCUT2D eigenvalue weighted by Gasteiger charge is -1.98. The average molecular weight is 286 g/mol.